The number of ether oxygens (including phenoxy) is 2. The molecule has 0 radical (unpaired) electrons. The smallest absolute Gasteiger partial charge is 0.344 e. The third-order valence-corrected chi connectivity index (χ3v) is 2.49. The van der Waals surface area contributed by atoms with Gasteiger partial charge in [0.05, 0.1) is 7.11 Å². The topological polar surface area (TPSA) is 72.8 Å². The lowest BCUT2D eigenvalue weighted by Crippen LogP contribution is -2.26. The summed E-state index contributed by atoms with van der Waals surface area (Å²) in [6, 6.07) is 4.65. The van der Waals surface area contributed by atoms with E-state index in [1.165, 1.54) is 20.1 Å². The predicted octanol–water partition coefficient (Wildman–Crippen LogP) is 2.14. The third-order valence-electron chi connectivity index (χ3n) is 2.49. The molecule has 0 aromatic heterocycles. The van der Waals surface area contributed by atoms with Crippen LogP contribution < -0.4 is 9.47 Å². The van der Waals surface area contributed by atoms with Crippen molar-refractivity contribution >= 4 is 11.8 Å². The molecule has 5 heteroatoms. The van der Waals surface area contributed by atoms with E-state index in [1.54, 1.807) is 19.1 Å². The number of ketones is 1. The normalized spacial score (nSPS) is 11.7. The van der Waals surface area contributed by atoms with E-state index in [4.69, 9.17) is 14.6 Å². The first-order valence-electron chi connectivity index (χ1n) is 5.58. The van der Waals surface area contributed by atoms with E-state index in [1.807, 2.05) is 0 Å². The first kappa shape index (κ1) is 14.0. The Kier molecular flexibility index (Phi) is 4.71. The molecule has 1 N–H and O–H groups in total. The van der Waals surface area contributed by atoms with Gasteiger partial charge in [0.1, 0.15) is 0 Å². The lowest BCUT2D eigenvalue weighted by molar-refractivity contribution is -0.145. The van der Waals surface area contributed by atoms with Crippen molar-refractivity contribution in [3.8, 4) is 11.5 Å². The van der Waals surface area contributed by atoms with Gasteiger partial charge in [-0.15, -0.1) is 0 Å². The second-order valence-corrected chi connectivity index (χ2v) is 3.77. The second-order valence-electron chi connectivity index (χ2n) is 3.77. The van der Waals surface area contributed by atoms with Crippen molar-refractivity contribution < 1.29 is 24.2 Å². The Morgan fingerprint density at radius 1 is 1.33 bits per heavy atom. The minimum Gasteiger partial charge on any atom is -0.493 e. The van der Waals surface area contributed by atoms with E-state index in [0.29, 0.717) is 23.5 Å². The summed E-state index contributed by atoms with van der Waals surface area (Å²) < 4.78 is 10.4. The van der Waals surface area contributed by atoms with Gasteiger partial charge in [-0.25, -0.2) is 4.79 Å². The van der Waals surface area contributed by atoms with Gasteiger partial charge in [-0.1, -0.05) is 6.92 Å². The number of carbonyl (C=O) groups excluding carboxylic acids is 1. The molecular weight excluding hydrogens is 236 g/mol. The number of Topliss-reactive ketones (excluding diaryl/α,β-unsaturated/α-hetero) is 1. The van der Waals surface area contributed by atoms with Crippen molar-refractivity contribution in [2.45, 2.75) is 26.4 Å². The number of carboxylic acids is 1. The van der Waals surface area contributed by atoms with Gasteiger partial charge >= 0.3 is 5.97 Å². The molecule has 0 amide bonds. The van der Waals surface area contributed by atoms with Crippen LogP contribution in [0.4, 0.5) is 0 Å². The van der Waals surface area contributed by atoms with Gasteiger partial charge in [0, 0.05) is 5.56 Å². The van der Waals surface area contributed by atoms with Gasteiger partial charge in [-0.2, -0.15) is 0 Å². The van der Waals surface area contributed by atoms with Crippen LogP contribution in [0.25, 0.3) is 0 Å². The number of carboxylic acid groups (broad SMARTS) is 1. The predicted molar refractivity (Wildman–Crippen MR) is 65.3 cm³/mol. The Labute approximate surface area is 105 Å². The largest absolute Gasteiger partial charge is 0.493 e. The van der Waals surface area contributed by atoms with Crippen LogP contribution in [0.5, 0.6) is 11.5 Å². The highest BCUT2D eigenvalue weighted by atomic mass is 16.5. The molecule has 0 bridgehead atoms. The SMILES string of the molecule is CCC(Oc1ccc(C(C)=O)cc1OC)C(=O)O. The zero-order valence-electron chi connectivity index (χ0n) is 10.6. The molecule has 0 saturated carbocycles. The Balaban J connectivity index is 3.02. The molecule has 1 aromatic carbocycles. The average molecular weight is 252 g/mol. The highest BCUT2D eigenvalue weighted by Crippen LogP contribution is 2.29. The van der Waals surface area contributed by atoms with Crippen LogP contribution in [0.15, 0.2) is 18.2 Å². The fraction of sp³-hybridized carbons (Fsp3) is 0.385. The first-order valence-corrected chi connectivity index (χ1v) is 5.58. The third kappa shape index (κ3) is 3.23. The van der Waals surface area contributed by atoms with Crippen molar-refractivity contribution in [1.82, 2.24) is 0 Å². The number of methoxy groups -OCH3 is 1. The minimum absolute atomic E-state index is 0.0925. The summed E-state index contributed by atoms with van der Waals surface area (Å²) in [6.07, 6.45) is -0.588. The summed E-state index contributed by atoms with van der Waals surface area (Å²) >= 11 is 0. The number of hydrogen-bond acceptors (Lipinski definition) is 4. The minimum atomic E-state index is -1.03. The van der Waals surface area contributed by atoms with Crippen LogP contribution in [0.1, 0.15) is 30.6 Å². The van der Waals surface area contributed by atoms with E-state index < -0.39 is 12.1 Å². The van der Waals surface area contributed by atoms with Crippen molar-refractivity contribution in [2.24, 2.45) is 0 Å². The zero-order chi connectivity index (χ0) is 13.7. The van der Waals surface area contributed by atoms with Crippen LogP contribution in [-0.2, 0) is 4.79 Å². The van der Waals surface area contributed by atoms with E-state index in [0.717, 1.165) is 0 Å². The van der Waals surface area contributed by atoms with Crippen LogP contribution >= 0.6 is 0 Å². The summed E-state index contributed by atoms with van der Waals surface area (Å²) in [5, 5.41) is 8.92. The van der Waals surface area contributed by atoms with Gasteiger partial charge in [0.2, 0.25) is 0 Å². The highest BCUT2D eigenvalue weighted by Gasteiger charge is 2.19. The Bertz CT molecular complexity index is 453. The lowest BCUT2D eigenvalue weighted by atomic mass is 10.1. The molecule has 1 rings (SSSR count). The van der Waals surface area contributed by atoms with Gasteiger partial charge in [-0.05, 0) is 31.5 Å². The Hall–Kier alpha value is -2.04. The number of hydrogen-bond donors (Lipinski definition) is 1. The van der Waals surface area contributed by atoms with Crippen molar-refractivity contribution in [1.29, 1.82) is 0 Å². The van der Waals surface area contributed by atoms with Crippen molar-refractivity contribution in [2.75, 3.05) is 7.11 Å². The average Bonchev–Trinajstić information content (AvgIpc) is 2.35. The quantitative estimate of drug-likeness (QED) is 0.785. The van der Waals surface area contributed by atoms with E-state index in [2.05, 4.69) is 0 Å². The number of benzene rings is 1. The fourth-order valence-corrected chi connectivity index (χ4v) is 1.45. The van der Waals surface area contributed by atoms with Crippen LogP contribution in [0, 0.1) is 0 Å². The molecule has 18 heavy (non-hydrogen) atoms. The van der Waals surface area contributed by atoms with E-state index in [-0.39, 0.29) is 5.78 Å². The van der Waals surface area contributed by atoms with Gasteiger partial charge < -0.3 is 14.6 Å². The van der Waals surface area contributed by atoms with Crippen molar-refractivity contribution in [3.05, 3.63) is 23.8 Å². The molecule has 0 heterocycles. The molecule has 0 aliphatic carbocycles. The molecule has 0 aliphatic rings. The summed E-state index contributed by atoms with van der Waals surface area (Å²) in [4.78, 5) is 22.1. The number of aliphatic carboxylic acids is 1. The maximum Gasteiger partial charge on any atom is 0.344 e. The second kappa shape index (κ2) is 6.05. The van der Waals surface area contributed by atoms with Crippen molar-refractivity contribution in [3.63, 3.8) is 0 Å². The molecule has 0 saturated heterocycles. The lowest BCUT2D eigenvalue weighted by Gasteiger charge is -2.16. The summed E-state index contributed by atoms with van der Waals surface area (Å²) in [6.45, 7) is 3.16. The summed E-state index contributed by atoms with van der Waals surface area (Å²) in [5.41, 5.74) is 0.488. The highest BCUT2D eigenvalue weighted by molar-refractivity contribution is 5.94. The standard InChI is InChI=1S/C13H16O5/c1-4-10(13(15)16)18-11-6-5-9(8(2)14)7-12(11)17-3/h5-7,10H,4H2,1-3H3,(H,15,16). The fourth-order valence-electron chi connectivity index (χ4n) is 1.45. The number of rotatable bonds is 6. The maximum atomic E-state index is 11.2. The molecule has 0 spiro atoms. The summed E-state index contributed by atoms with van der Waals surface area (Å²) in [7, 11) is 1.44. The van der Waals surface area contributed by atoms with Gasteiger partial charge in [0.15, 0.2) is 23.4 Å². The van der Waals surface area contributed by atoms with E-state index >= 15 is 0 Å². The van der Waals surface area contributed by atoms with Gasteiger partial charge in [-0.3, -0.25) is 4.79 Å². The molecule has 1 atom stereocenters. The van der Waals surface area contributed by atoms with E-state index in [9.17, 15) is 9.59 Å². The Morgan fingerprint density at radius 2 is 2.00 bits per heavy atom. The Morgan fingerprint density at radius 3 is 2.44 bits per heavy atom. The van der Waals surface area contributed by atoms with Crippen LogP contribution in [0.3, 0.4) is 0 Å². The van der Waals surface area contributed by atoms with Crippen LogP contribution in [-0.4, -0.2) is 30.1 Å². The molecule has 1 aromatic rings. The number of carbonyl (C=O) groups is 2. The molecular formula is C13H16O5. The summed E-state index contributed by atoms with van der Waals surface area (Å²) in [5.74, 6) is -0.459. The van der Waals surface area contributed by atoms with Crippen LogP contribution in [0.2, 0.25) is 0 Å². The molecule has 5 nitrogen and oxygen atoms in total. The molecule has 0 fully saturated rings. The molecule has 1 unspecified atom stereocenters. The molecule has 98 valence electrons. The zero-order valence-corrected chi connectivity index (χ0v) is 10.6. The maximum absolute atomic E-state index is 11.2. The van der Waals surface area contributed by atoms with Gasteiger partial charge in [0.25, 0.3) is 0 Å². The monoisotopic (exact) mass is 252 g/mol. The first-order chi connectivity index (χ1) is 8.49. The molecule has 0 aliphatic heterocycles.